The summed E-state index contributed by atoms with van der Waals surface area (Å²) in [6, 6.07) is 15.1. The SMILES string of the molecule is Cc1ncc(-c2ccc(C3(CC(=O)Nc4cccc(CCC(=O)O)c4C)CCC3)cc2)cc1F. The van der Waals surface area contributed by atoms with Crippen molar-refractivity contribution in [3.8, 4) is 11.1 Å². The molecular weight excluding hydrogens is 431 g/mol. The summed E-state index contributed by atoms with van der Waals surface area (Å²) in [5.74, 6) is -1.21. The summed E-state index contributed by atoms with van der Waals surface area (Å²) < 4.78 is 13.9. The molecule has 1 aliphatic rings. The van der Waals surface area contributed by atoms with Crippen LogP contribution in [0.4, 0.5) is 10.1 Å². The Labute approximate surface area is 199 Å². The smallest absolute Gasteiger partial charge is 0.303 e. The zero-order valence-corrected chi connectivity index (χ0v) is 19.5. The summed E-state index contributed by atoms with van der Waals surface area (Å²) in [7, 11) is 0. The Kier molecular flexibility index (Phi) is 6.77. The lowest BCUT2D eigenvalue weighted by atomic mass is 9.62. The third kappa shape index (κ3) is 5.01. The summed E-state index contributed by atoms with van der Waals surface area (Å²) in [5.41, 5.74) is 5.48. The van der Waals surface area contributed by atoms with Gasteiger partial charge in [-0.15, -0.1) is 0 Å². The van der Waals surface area contributed by atoms with E-state index in [9.17, 15) is 14.0 Å². The van der Waals surface area contributed by atoms with Crippen LogP contribution in [0.5, 0.6) is 0 Å². The summed E-state index contributed by atoms with van der Waals surface area (Å²) in [6.07, 6.45) is 5.50. The number of aryl methyl sites for hydroxylation is 2. The van der Waals surface area contributed by atoms with Gasteiger partial charge in [0.25, 0.3) is 0 Å². The predicted octanol–water partition coefficient (Wildman–Crippen LogP) is 5.97. The molecule has 2 N–H and O–H groups in total. The molecule has 1 saturated carbocycles. The number of anilines is 1. The van der Waals surface area contributed by atoms with E-state index < -0.39 is 5.97 Å². The molecule has 1 fully saturated rings. The maximum Gasteiger partial charge on any atom is 0.303 e. The second kappa shape index (κ2) is 9.75. The molecule has 0 aliphatic heterocycles. The fourth-order valence-electron chi connectivity index (χ4n) is 4.68. The molecule has 34 heavy (non-hydrogen) atoms. The zero-order valence-electron chi connectivity index (χ0n) is 19.5. The third-order valence-electron chi connectivity index (χ3n) is 6.99. The number of amides is 1. The number of nitrogens with one attached hydrogen (secondary N) is 1. The van der Waals surface area contributed by atoms with Crippen LogP contribution in [0.15, 0.2) is 54.7 Å². The van der Waals surface area contributed by atoms with Gasteiger partial charge < -0.3 is 10.4 Å². The van der Waals surface area contributed by atoms with E-state index in [4.69, 9.17) is 5.11 Å². The number of hydrogen-bond donors (Lipinski definition) is 2. The predicted molar refractivity (Wildman–Crippen MR) is 130 cm³/mol. The van der Waals surface area contributed by atoms with Gasteiger partial charge in [0.15, 0.2) is 0 Å². The highest BCUT2D eigenvalue weighted by molar-refractivity contribution is 5.92. The van der Waals surface area contributed by atoms with E-state index >= 15 is 0 Å². The number of pyridine rings is 1. The zero-order chi connectivity index (χ0) is 24.3. The van der Waals surface area contributed by atoms with Gasteiger partial charge in [-0.1, -0.05) is 42.8 Å². The molecule has 0 unspecified atom stereocenters. The summed E-state index contributed by atoms with van der Waals surface area (Å²) in [5, 5.41) is 12.0. The first-order valence-corrected chi connectivity index (χ1v) is 11.6. The highest BCUT2D eigenvalue weighted by Crippen LogP contribution is 2.47. The van der Waals surface area contributed by atoms with Crippen LogP contribution in [0.2, 0.25) is 0 Å². The second-order valence-electron chi connectivity index (χ2n) is 9.21. The fraction of sp³-hybridized carbons (Fsp3) is 0.321. The lowest BCUT2D eigenvalue weighted by Crippen LogP contribution is -2.38. The standard InChI is InChI=1S/C28H29FN2O3/c1-18-20(9-12-27(33)34)5-3-6-25(18)31-26(32)16-28(13-4-14-28)23-10-7-21(8-11-23)22-15-24(29)19(2)30-17-22/h3,5-8,10-11,15,17H,4,9,12-14,16H2,1-2H3,(H,31,32)(H,33,34). The van der Waals surface area contributed by atoms with Crippen LogP contribution in [0.3, 0.4) is 0 Å². The molecule has 0 bridgehead atoms. The molecule has 5 nitrogen and oxygen atoms in total. The molecule has 0 radical (unpaired) electrons. The van der Waals surface area contributed by atoms with Gasteiger partial charge in [0.2, 0.25) is 5.91 Å². The molecule has 0 saturated heterocycles. The summed E-state index contributed by atoms with van der Waals surface area (Å²) >= 11 is 0. The maximum atomic E-state index is 13.9. The van der Waals surface area contributed by atoms with Crippen molar-refractivity contribution >= 4 is 17.6 Å². The fourth-order valence-corrected chi connectivity index (χ4v) is 4.68. The van der Waals surface area contributed by atoms with Crippen LogP contribution < -0.4 is 5.32 Å². The number of halogens is 1. The highest BCUT2D eigenvalue weighted by atomic mass is 19.1. The second-order valence-corrected chi connectivity index (χ2v) is 9.21. The number of aliphatic carboxylic acids is 1. The van der Waals surface area contributed by atoms with Crippen LogP contribution in [0.1, 0.15) is 54.5 Å². The molecule has 1 heterocycles. The molecule has 0 atom stereocenters. The Morgan fingerprint density at radius 2 is 1.82 bits per heavy atom. The summed E-state index contributed by atoms with van der Waals surface area (Å²) in [6.45, 7) is 3.55. The number of carbonyl (C=O) groups excluding carboxylic acids is 1. The normalized spacial score (nSPS) is 14.3. The van der Waals surface area contributed by atoms with Gasteiger partial charge in [0.05, 0.1) is 5.69 Å². The van der Waals surface area contributed by atoms with Crippen molar-refractivity contribution in [1.82, 2.24) is 4.98 Å². The van der Waals surface area contributed by atoms with Crippen molar-refractivity contribution in [2.75, 3.05) is 5.32 Å². The van der Waals surface area contributed by atoms with Crippen molar-refractivity contribution < 1.29 is 19.1 Å². The lowest BCUT2D eigenvalue weighted by Gasteiger charge is -2.42. The number of carbonyl (C=O) groups is 2. The van der Waals surface area contributed by atoms with Gasteiger partial charge in [-0.2, -0.15) is 0 Å². The van der Waals surface area contributed by atoms with Crippen LogP contribution in [0.25, 0.3) is 11.1 Å². The van der Waals surface area contributed by atoms with Crippen molar-refractivity contribution in [3.05, 3.63) is 82.9 Å². The molecule has 2 aromatic carbocycles. The number of carboxylic acid groups (broad SMARTS) is 1. The Bertz CT molecular complexity index is 1220. The Morgan fingerprint density at radius 3 is 2.44 bits per heavy atom. The average Bonchev–Trinajstić information content (AvgIpc) is 2.79. The van der Waals surface area contributed by atoms with Crippen molar-refractivity contribution in [2.24, 2.45) is 0 Å². The number of nitrogens with zero attached hydrogens (tertiary/aromatic N) is 1. The number of rotatable bonds is 8. The molecule has 1 aliphatic carbocycles. The Hall–Kier alpha value is -3.54. The monoisotopic (exact) mass is 460 g/mol. The largest absolute Gasteiger partial charge is 0.481 e. The Morgan fingerprint density at radius 1 is 1.09 bits per heavy atom. The van der Waals surface area contributed by atoms with Gasteiger partial charge in [-0.05, 0) is 67.5 Å². The van der Waals surface area contributed by atoms with E-state index in [2.05, 4.69) is 10.3 Å². The maximum absolute atomic E-state index is 13.9. The van der Waals surface area contributed by atoms with Crippen LogP contribution in [-0.2, 0) is 21.4 Å². The topological polar surface area (TPSA) is 79.3 Å². The van der Waals surface area contributed by atoms with E-state index in [1.54, 1.807) is 13.1 Å². The first kappa shape index (κ1) is 23.6. The van der Waals surface area contributed by atoms with Crippen LogP contribution in [0, 0.1) is 19.7 Å². The molecule has 3 aromatic rings. The van der Waals surface area contributed by atoms with Crippen molar-refractivity contribution in [2.45, 2.75) is 57.8 Å². The minimum atomic E-state index is -0.837. The molecule has 1 aromatic heterocycles. The van der Waals surface area contributed by atoms with E-state index in [1.165, 1.54) is 6.07 Å². The van der Waals surface area contributed by atoms with Crippen molar-refractivity contribution in [1.29, 1.82) is 0 Å². The van der Waals surface area contributed by atoms with E-state index in [0.29, 0.717) is 18.5 Å². The minimum absolute atomic E-state index is 0.0490. The van der Waals surface area contributed by atoms with Gasteiger partial charge in [0.1, 0.15) is 5.82 Å². The quantitative estimate of drug-likeness (QED) is 0.434. The first-order chi connectivity index (χ1) is 16.3. The van der Waals surface area contributed by atoms with Crippen LogP contribution in [-0.4, -0.2) is 22.0 Å². The third-order valence-corrected chi connectivity index (χ3v) is 6.99. The molecule has 4 rings (SSSR count). The number of hydrogen-bond acceptors (Lipinski definition) is 3. The molecule has 176 valence electrons. The van der Waals surface area contributed by atoms with Gasteiger partial charge in [-0.3, -0.25) is 14.6 Å². The first-order valence-electron chi connectivity index (χ1n) is 11.6. The molecule has 1 amide bonds. The average molecular weight is 461 g/mol. The van der Waals surface area contributed by atoms with E-state index in [0.717, 1.165) is 52.8 Å². The van der Waals surface area contributed by atoms with Gasteiger partial charge in [0, 0.05) is 35.7 Å². The lowest BCUT2D eigenvalue weighted by molar-refractivity contribution is -0.137. The highest BCUT2D eigenvalue weighted by Gasteiger charge is 2.40. The number of aromatic nitrogens is 1. The number of benzene rings is 2. The van der Waals surface area contributed by atoms with E-state index in [-0.39, 0.29) is 23.6 Å². The van der Waals surface area contributed by atoms with Crippen LogP contribution >= 0.6 is 0 Å². The van der Waals surface area contributed by atoms with Gasteiger partial charge in [-0.25, -0.2) is 4.39 Å². The minimum Gasteiger partial charge on any atom is -0.481 e. The Balaban J connectivity index is 1.47. The molecule has 6 heteroatoms. The van der Waals surface area contributed by atoms with Crippen molar-refractivity contribution in [3.63, 3.8) is 0 Å². The number of carboxylic acids is 1. The molecular formula is C28H29FN2O3. The molecule has 0 spiro atoms. The summed E-state index contributed by atoms with van der Waals surface area (Å²) in [4.78, 5) is 28.1. The van der Waals surface area contributed by atoms with E-state index in [1.807, 2.05) is 49.4 Å². The van der Waals surface area contributed by atoms with Gasteiger partial charge >= 0.3 is 5.97 Å².